The number of hydrogen-bond acceptors (Lipinski definition) is 5. The van der Waals surface area contributed by atoms with Gasteiger partial charge in [-0.25, -0.2) is 4.98 Å². The summed E-state index contributed by atoms with van der Waals surface area (Å²) in [5.74, 6) is 0.646. The quantitative estimate of drug-likeness (QED) is 0.526. The van der Waals surface area contributed by atoms with Crippen LogP contribution < -0.4 is 11.1 Å². The van der Waals surface area contributed by atoms with E-state index in [0.717, 1.165) is 34.8 Å². The van der Waals surface area contributed by atoms with Gasteiger partial charge >= 0.3 is 5.97 Å². The Morgan fingerprint density at radius 1 is 0.821 bits per heavy atom. The van der Waals surface area contributed by atoms with E-state index in [9.17, 15) is 19.5 Å². The van der Waals surface area contributed by atoms with Crippen molar-refractivity contribution in [1.29, 1.82) is 0 Å². The molecule has 0 amide bonds. The predicted octanol–water partition coefficient (Wildman–Crippen LogP) is 4.45. The number of pyridine rings is 1. The number of benzene rings is 1. The monoisotopic (exact) mass is 528 g/mol. The van der Waals surface area contributed by atoms with Crippen LogP contribution in [0.25, 0.3) is 22.4 Å². The Kier molecular flexibility index (Phi) is 6.18. The number of para-hydroxylation sites is 2. The van der Waals surface area contributed by atoms with Crippen LogP contribution in [0, 0.1) is 11.8 Å². The van der Waals surface area contributed by atoms with Gasteiger partial charge in [-0.2, -0.15) is 0 Å². The lowest BCUT2D eigenvalue weighted by Crippen LogP contribution is -2.52. The molecule has 8 nitrogen and oxygen atoms in total. The van der Waals surface area contributed by atoms with Crippen LogP contribution in [0.15, 0.2) is 52.1 Å². The molecule has 2 aliphatic carbocycles. The van der Waals surface area contributed by atoms with Crippen LogP contribution in [0.5, 0.6) is 0 Å². The summed E-state index contributed by atoms with van der Waals surface area (Å²) in [5.41, 5.74) is 1.17. The maximum absolute atomic E-state index is 14.2. The Bertz CT molecular complexity index is 1520. The molecule has 2 saturated heterocycles. The van der Waals surface area contributed by atoms with Gasteiger partial charge in [0.1, 0.15) is 6.54 Å². The lowest BCUT2D eigenvalue weighted by molar-refractivity contribution is -0.137. The normalized spacial score (nSPS) is 30.5. The number of piperidine rings is 1. The Morgan fingerprint density at radius 3 is 2.26 bits per heavy atom. The third-order valence-electron chi connectivity index (χ3n) is 10.0. The van der Waals surface area contributed by atoms with Gasteiger partial charge in [-0.1, -0.05) is 37.5 Å². The van der Waals surface area contributed by atoms with Gasteiger partial charge in [-0.3, -0.25) is 23.9 Å². The molecule has 4 bridgehead atoms. The van der Waals surface area contributed by atoms with E-state index in [1.807, 2.05) is 28.8 Å². The average molecular weight is 529 g/mol. The molecular formula is C31H36N4O4. The maximum Gasteiger partial charge on any atom is 0.323 e. The van der Waals surface area contributed by atoms with Gasteiger partial charge in [0.05, 0.1) is 16.7 Å². The summed E-state index contributed by atoms with van der Waals surface area (Å²) in [7, 11) is 0. The molecular weight excluding hydrogens is 492 g/mol. The first-order valence-electron chi connectivity index (χ1n) is 14.7. The van der Waals surface area contributed by atoms with Gasteiger partial charge in [0.2, 0.25) is 0 Å². The molecule has 1 aromatic carbocycles. The molecule has 39 heavy (non-hydrogen) atoms. The van der Waals surface area contributed by atoms with Crippen LogP contribution in [0.3, 0.4) is 0 Å². The van der Waals surface area contributed by atoms with Crippen molar-refractivity contribution in [3.05, 3.63) is 63.2 Å². The lowest BCUT2D eigenvalue weighted by atomic mass is 9.69. The highest BCUT2D eigenvalue weighted by molar-refractivity contribution is 5.78. The molecule has 4 atom stereocenters. The van der Waals surface area contributed by atoms with E-state index in [4.69, 9.17) is 0 Å². The molecule has 0 radical (unpaired) electrons. The molecule has 3 aromatic rings. The Hall–Kier alpha value is -3.26. The largest absolute Gasteiger partial charge is 0.480 e. The summed E-state index contributed by atoms with van der Waals surface area (Å²) in [6, 6.07) is 13.9. The van der Waals surface area contributed by atoms with Crippen molar-refractivity contribution in [2.45, 2.75) is 94.9 Å². The zero-order valence-electron chi connectivity index (χ0n) is 22.2. The second-order valence-corrected chi connectivity index (χ2v) is 12.3. The molecule has 2 aliphatic heterocycles. The summed E-state index contributed by atoms with van der Waals surface area (Å²) in [6.07, 6.45) is 12.5. The molecule has 204 valence electrons. The van der Waals surface area contributed by atoms with E-state index in [-0.39, 0.29) is 23.0 Å². The summed E-state index contributed by atoms with van der Waals surface area (Å²) >= 11 is 0. The second-order valence-electron chi connectivity index (χ2n) is 12.3. The summed E-state index contributed by atoms with van der Waals surface area (Å²) in [5, 5.41) is 9.44. The summed E-state index contributed by atoms with van der Waals surface area (Å²) in [6.45, 7) is -0.519. The summed E-state index contributed by atoms with van der Waals surface area (Å²) < 4.78 is 3.05. The molecule has 4 unspecified atom stereocenters. The second kappa shape index (κ2) is 9.73. The molecule has 4 fully saturated rings. The summed E-state index contributed by atoms with van der Waals surface area (Å²) in [4.78, 5) is 45.9. The molecule has 2 saturated carbocycles. The van der Waals surface area contributed by atoms with E-state index in [1.54, 1.807) is 12.1 Å². The predicted molar refractivity (Wildman–Crippen MR) is 149 cm³/mol. The number of aromatic nitrogens is 3. The lowest BCUT2D eigenvalue weighted by Gasteiger charge is -2.49. The highest BCUT2D eigenvalue weighted by Gasteiger charge is 2.47. The highest BCUT2D eigenvalue weighted by Crippen LogP contribution is 2.48. The SMILES string of the molecule is O=C(O)Cn1c(-c2nc3ccccc3n(C3CC4CCC(C3)N4C3CC4CCCC(C4)C3)c2=O)cccc1=O. The van der Waals surface area contributed by atoms with Crippen LogP contribution in [0.1, 0.15) is 70.3 Å². The number of carboxylic acids is 1. The smallest absolute Gasteiger partial charge is 0.323 e. The van der Waals surface area contributed by atoms with Crippen molar-refractivity contribution in [2.24, 2.45) is 11.8 Å². The molecule has 8 heteroatoms. The van der Waals surface area contributed by atoms with E-state index < -0.39 is 18.1 Å². The number of hydrogen-bond donors (Lipinski definition) is 1. The van der Waals surface area contributed by atoms with Crippen LogP contribution in [0.4, 0.5) is 0 Å². The maximum atomic E-state index is 14.2. The van der Waals surface area contributed by atoms with Gasteiger partial charge in [-0.15, -0.1) is 0 Å². The van der Waals surface area contributed by atoms with Crippen LogP contribution in [-0.2, 0) is 11.3 Å². The third-order valence-corrected chi connectivity index (χ3v) is 10.0. The van der Waals surface area contributed by atoms with Gasteiger partial charge in [0, 0.05) is 30.2 Å². The van der Waals surface area contributed by atoms with E-state index >= 15 is 0 Å². The van der Waals surface area contributed by atoms with Crippen LogP contribution >= 0.6 is 0 Å². The van der Waals surface area contributed by atoms with Crippen molar-refractivity contribution in [3.63, 3.8) is 0 Å². The minimum atomic E-state index is -1.14. The number of carbonyl (C=O) groups is 1. The van der Waals surface area contributed by atoms with Crippen molar-refractivity contribution in [3.8, 4) is 11.4 Å². The highest BCUT2D eigenvalue weighted by atomic mass is 16.4. The minimum absolute atomic E-state index is 0.0457. The van der Waals surface area contributed by atoms with Gasteiger partial charge < -0.3 is 9.67 Å². The van der Waals surface area contributed by atoms with E-state index in [1.165, 1.54) is 57.4 Å². The molecule has 0 spiro atoms. The number of fused-ring (bicyclic) bond motifs is 5. The molecule has 2 aromatic heterocycles. The number of rotatable bonds is 5. The molecule has 4 aliphatic rings. The van der Waals surface area contributed by atoms with Crippen molar-refractivity contribution < 1.29 is 9.90 Å². The van der Waals surface area contributed by atoms with E-state index in [2.05, 4.69) is 9.88 Å². The third kappa shape index (κ3) is 4.33. The standard InChI is InChI=1S/C31H36N4O4/c36-28-10-4-9-27(33(28)18-29(37)38)30-31(39)35(26-8-2-1-7-25(26)32-30)24-16-21-11-12-22(17-24)34(21)23-14-19-5-3-6-20(13-19)15-23/h1-2,4,7-10,19-24H,3,5-6,11-18H2,(H,37,38). The van der Waals surface area contributed by atoms with Crippen LogP contribution in [-0.4, -0.2) is 48.2 Å². The fraction of sp³-hybridized carbons (Fsp3) is 0.548. The zero-order valence-corrected chi connectivity index (χ0v) is 22.2. The van der Waals surface area contributed by atoms with E-state index in [0.29, 0.717) is 23.6 Å². The molecule has 7 rings (SSSR count). The fourth-order valence-electron chi connectivity index (χ4n) is 8.64. The number of carboxylic acid groups (broad SMARTS) is 1. The Labute approximate surface area is 227 Å². The van der Waals surface area contributed by atoms with Gasteiger partial charge in [0.15, 0.2) is 5.69 Å². The Balaban J connectivity index is 1.28. The van der Waals surface area contributed by atoms with Crippen molar-refractivity contribution in [1.82, 2.24) is 19.0 Å². The van der Waals surface area contributed by atoms with Gasteiger partial charge in [-0.05, 0) is 75.0 Å². The van der Waals surface area contributed by atoms with Crippen LogP contribution in [0.2, 0.25) is 0 Å². The minimum Gasteiger partial charge on any atom is -0.480 e. The topological polar surface area (TPSA) is 97.4 Å². The first-order chi connectivity index (χ1) is 19.0. The number of aliphatic carboxylic acids is 1. The fourth-order valence-corrected chi connectivity index (χ4v) is 8.64. The first-order valence-corrected chi connectivity index (χ1v) is 14.7. The molecule has 4 heterocycles. The van der Waals surface area contributed by atoms with Crippen molar-refractivity contribution in [2.75, 3.05) is 0 Å². The first kappa shape index (κ1) is 24.8. The number of nitrogens with zero attached hydrogens (tertiary/aromatic N) is 4. The Morgan fingerprint density at radius 2 is 1.54 bits per heavy atom. The molecule has 1 N–H and O–H groups in total. The zero-order chi connectivity index (χ0) is 26.7. The van der Waals surface area contributed by atoms with Gasteiger partial charge in [0.25, 0.3) is 11.1 Å². The average Bonchev–Trinajstić information content (AvgIpc) is 3.18. The van der Waals surface area contributed by atoms with Crippen molar-refractivity contribution >= 4 is 17.0 Å².